The van der Waals surface area contributed by atoms with Crippen LogP contribution >= 0.6 is 0 Å². The number of nitrogens with zero attached hydrogens (tertiary/aromatic N) is 5. The van der Waals surface area contributed by atoms with E-state index in [-0.39, 0.29) is 0 Å². The van der Waals surface area contributed by atoms with Gasteiger partial charge in [0.15, 0.2) is 23.3 Å². The third kappa shape index (κ3) is 5.42. The zero-order chi connectivity index (χ0) is 30.7. The number of fused-ring (bicyclic) bond motifs is 1. The largest absolute Gasteiger partial charge is 0.228 e. The van der Waals surface area contributed by atoms with Crippen LogP contribution in [-0.4, -0.2) is 24.9 Å². The van der Waals surface area contributed by atoms with Crippen molar-refractivity contribution in [2.75, 3.05) is 0 Å². The van der Waals surface area contributed by atoms with Gasteiger partial charge in [-0.2, -0.15) is 0 Å². The van der Waals surface area contributed by atoms with Crippen molar-refractivity contribution in [3.05, 3.63) is 164 Å². The van der Waals surface area contributed by atoms with Crippen LogP contribution in [0.15, 0.2) is 164 Å². The first-order chi connectivity index (χ1) is 22.8. The van der Waals surface area contributed by atoms with E-state index in [1.165, 1.54) is 0 Å². The molecule has 216 valence electrons. The van der Waals surface area contributed by atoms with E-state index in [0.29, 0.717) is 23.3 Å². The minimum atomic E-state index is 0.578. The zero-order valence-corrected chi connectivity index (χ0v) is 24.8. The highest BCUT2D eigenvalue weighted by Gasteiger charge is 2.19. The molecule has 0 saturated carbocycles. The van der Waals surface area contributed by atoms with Gasteiger partial charge in [0.2, 0.25) is 0 Å². The predicted octanol–water partition coefficient (Wildman–Crippen LogP) is 9.82. The maximum absolute atomic E-state index is 5.17. The predicted molar refractivity (Wildman–Crippen MR) is 186 cm³/mol. The quantitative estimate of drug-likeness (QED) is 0.193. The topological polar surface area (TPSA) is 64.5 Å². The van der Waals surface area contributed by atoms with E-state index in [0.717, 1.165) is 55.5 Å². The number of rotatable bonds is 6. The van der Waals surface area contributed by atoms with Crippen LogP contribution in [0.5, 0.6) is 0 Å². The highest BCUT2D eigenvalue weighted by Crippen LogP contribution is 2.37. The van der Waals surface area contributed by atoms with Crippen molar-refractivity contribution >= 4 is 10.8 Å². The average Bonchev–Trinajstić information content (AvgIpc) is 3.15. The van der Waals surface area contributed by atoms with E-state index in [4.69, 9.17) is 24.9 Å². The number of aromatic nitrogens is 5. The van der Waals surface area contributed by atoms with Gasteiger partial charge in [-0.05, 0) is 29.0 Å². The minimum Gasteiger partial charge on any atom is -0.228 e. The van der Waals surface area contributed by atoms with Gasteiger partial charge in [-0.25, -0.2) is 24.9 Å². The van der Waals surface area contributed by atoms with Crippen LogP contribution in [0, 0.1) is 0 Å². The summed E-state index contributed by atoms with van der Waals surface area (Å²) in [4.78, 5) is 25.3. The molecule has 0 bridgehead atoms. The van der Waals surface area contributed by atoms with E-state index in [9.17, 15) is 0 Å². The molecule has 8 rings (SSSR count). The van der Waals surface area contributed by atoms with Gasteiger partial charge in [0.25, 0.3) is 0 Å². The second kappa shape index (κ2) is 12.0. The van der Waals surface area contributed by atoms with Gasteiger partial charge >= 0.3 is 0 Å². The first-order valence-electron chi connectivity index (χ1n) is 15.2. The highest BCUT2D eigenvalue weighted by molar-refractivity contribution is 5.95. The molecule has 0 aliphatic carbocycles. The molecule has 5 nitrogen and oxygen atoms in total. The SMILES string of the molecule is c1ccc(-c2cc(-c3cc4ccccc4cc3-c3nc(-c4ccccc4)nc(-c4ccccc4)n3)nc(-c3ccccc3)n2)cc1. The van der Waals surface area contributed by atoms with E-state index in [2.05, 4.69) is 54.6 Å². The first kappa shape index (κ1) is 27.2. The molecule has 5 heteroatoms. The summed E-state index contributed by atoms with van der Waals surface area (Å²) in [6.07, 6.45) is 0. The van der Waals surface area contributed by atoms with Gasteiger partial charge in [-0.15, -0.1) is 0 Å². The average molecular weight is 590 g/mol. The molecule has 2 aromatic heterocycles. The summed E-state index contributed by atoms with van der Waals surface area (Å²) in [5.41, 5.74) is 7.22. The summed E-state index contributed by atoms with van der Waals surface area (Å²) in [5.74, 6) is 2.46. The zero-order valence-electron chi connectivity index (χ0n) is 24.8. The lowest BCUT2D eigenvalue weighted by Crippen LogP contribution is -2.02. The Balaban J connectivity index is 1.41. The van der Waals surface area contributed by atoms with Crippen LogP contribution in [-0.2, 0) is 0 Å². The summed E-state index contributed by atoms with van der Waals surface area (Å²) in [5, 5.41) is 2.19. The van der Waals surface area contributed by atoms with E-state index >= 15 is 0 Å². The van der Waals surface area contributed by atoms with Gasteiger partial charge in [0.1, 0.15) is 0 Å². The maximum Gasteiger partial charge on any atom is 0.164 e. The summed E-state index contributed by atoms with van der Waals surface area (Å²) >= 11 is 0. The van der Waals surface area contributed by atoms with Crippen molar-refractivity contribution in [2.24, 2.45) is 0 Å². The fraction of sp³-hybridized carbons (Fsp3) is 0. The normalized spacial score (nSPS) is 11.0. The monoisotopic (exact) mass is 589 g/mol. The van der Waals surface area contributed by atoms with Crippen molar-refractivity contribution in [1.29, 1.82) is 0 Å². The number of benzene rings is 6. The molecular formula is C41H27N5. The number of hydrogen-bond donors (Lipinski definition) is 0. The second-order valence-electron chi connectivity index (χ2n) is 11.0. The highest BCUT2D eigenvalue weighted by atomic mass is 15.0. The number of hydrogen-bond acceptors (Lipinski definition) is 5. The van der Waals surface area contributed by atoms with E-state index in [1.54, 1.807) is 0 Å². The van der Waals surface area contributed by atoms with Crippen LogP contribution in [0.4, 0.5) is 0 Å². The van der Waals surface area contributed by atoms with Crippen LogP contribution in [0.1, 0.15) is 0 Å². The Morgan fingerprint density at radius 1 is 0.261 bits per heavy atom. The van der Waals surface area contributed by atoms with Gasteiger partial charge < -0.3 is 0 Å². The summed E-state index contributed by atoms with van der Waals surface area (Å²) in [6, 6.07) is 55.2. The van der Waals surface area contributed by atoms with Crippen LogP contribution in [0.25, 0.3) is 78.8 Å². The molecule has 0 aliphatic heterocycles. The van der Waals surface area contributed by atoms with Gasteiger partial charge in [-0.3, -0.25) is 0 Å². The lowest BCUT2D eigenvalue weighted by Gasteiger charge is -2.15. The third-order valence-electron chi connectivity index (χ3n) is 7.93. The Labute approximate surface area is 267 Å². The molecule has 0 spiro atoms. The molecule has 2 heterocycles. The first-order valence-corrected chi connectivity index (χ1v) is 15.2. The van der Waals surface area contributed by atoms with Gasteiger partial charge in [0.05, 0.1) is 11.4 Å². The third-order valence-corrected chi connectivity index (χ3v) is 7.93. The molecule has 0 unspecified atom stereocenters. The van der Waals surface area contributed by atoms with Gasteiger partial charge in [0, 0.05) is 33.4 Å². The minimum absolute atomic E-state index is 0.578. The summed E-state index contributed by atoms with van der Waals surface area (Å²) < 4.78 is 0. The van der Waals surface area contributed by atoms with Crippen molar-refractivity contribution in [3.8, 4) is 68.1 Å². The molecule has 0 aliphatic rings. The van der Waals surface area contributed by atoms with Crippen LogP contribution in [0.2, 0.25) is 0 Å². The Hall–Kier alpha value is -6.33. The molecule has 0 saturated heterocycles. The van der Waals surface area contributed by atoms with Crippen molar-refractivity contribution in [2.45, 2.75) is 0 Å². The summed E-state index contributed by atoms with van der Waals surface area (Å²) in [7, 11) is 0. The lowest BCUT2D eigenvalue weighted by atomic mass is 9.96. The van der Waals surface area contributed by atoms with Gasteiger partial charge in [-0.1, -0.05) is 146 Å². The Bertz CT molecular complexity index is 2010. The van der Waals surface area contributed by atoms with Crippen LogP contribution < -0.4 is 0 Å². The molecule has 46 heavy (non-hydrogen) atoms. The molecule has 0 fully saturated rings. The van der Waals surface area contributed by atoms with Crippen LogP contribution in [0.3, 0.4) is 0 Å². The summed E-state index contributed by atoms with van der Waals surface area (Å²) in [6.45, 7) is 0. The van der Waals surface area contributed by atoms with E-state index < -0.39 is 0 Å². The smallest absolute Gasteiger partial charge is 0.164 e. The molecule has 8 aromatic rings. The standard InChI is InChI=1S/C41H27N5/c1-5-15-28(16-6-1)36-27-37(43-38(42-36)29-17-7-2-8-18-29)34-25-32-23-13-14-24-33(32)26-35(34)41-45-39(30-19-9-3-10-20-30)44-40(46-41)31-21-11-4-12-22-31/h1-27H. The second-order valence-corrected chi connectivity index (χ2v) is 11.0. The van der Waals surface area contributed by atoms with E-state index in [1.807, 2.05) is 109 Å². The molecule has 0 N–H and O–H groups in total. The molecule has 0 atom stereocenters. The van der Waals surface area contributed by atoms with Crippen molar-refractivity contribution in [3.63, 3.8) is 0 Å². The Kier molecular flexibility index (Phi) is 7.09. The Morgan fingerprint density at radius 3 is 1.13 bits per heavy atom. The fourth-order valence-corrected chi connectivity index (χ4v) is 5.62. The fourth-order valence-electron chi connectivity index (χ4n) is 5.62. The Morgan fingerprint density at radius 2 is 0.630 bits per heavy atom. The lowest BCUT2D eigenvalue weighted by molar-refractivity contribution is 1.07. The molecular weight excluding hydrogens is 562 g/mol. The van der Waals surface area contributed by atoms with Crippen molar-refractivity contribution in [1.82, 2.24) is 24.9 Å². The molecule has 0 amide bonds. The maximum atomic E-state index is 5.17. The van der Waals surface area contributed by atoms with Crippen molar-refractivity contribution < 1.29 is 0 Å². The molecule has 0 radical (unpaired) electrons. The molecule has 6 aromatic carbocycles.